The van der Waals surface area contributed by atoms with Crippen molar-refractivity contribution in [2.75, 3.05) is 0 Å². The first kappa shape index (κ1) is 12.5. The molecule has 1 N–H and O–H groups in total. The molecule has 3 rings (SSSR count). The van der Waals surface area contributed by atoms with Crippen LogP contribution in [0.2, 0.25) is 0 Å². The zero-order valence-corrected chi connectivity index (χ0v) is 10.6. The standard InChI is InChI=1S/C12H6F2N4OS/c13-7-5-10(19)8(14)4-9(7)16-17-12-6-2-1-3-15-11(6)18-20-12/h1-5,19H/b17-16+. The van der Waals surface area contributed by atoms with Crippen LogP contribution in [0.3, 0.4) is 0 Å². The summed E-state index contributed by atoms with van der Waals surface area (Å²) in [5, 5.41) is 17.6. The molecule has 0 atom stereocenters. The SMILES string of the molecule is Oc1cc(F)c(/N=N/c2snc3ncccc23)cc1F. The summed E-state index contributed by atoms with van der Waals surface area (Å²) in [4.78, 5) is 4.03. The van der Waals surface area contributed by atoms with E-state index in [1.54, 1.807) is 18.3 Å². The molecular formula is C12H6F2N4OS. The molecule has 0 aliphatic carbocycles. The Hall–Kier alpha value is -2.48. The fourth-order valence-corrected chi connectivity index (χ4v) is 2.20. The molecule has 5 nitrogen and oxygen atoms in total. The predicted octanol–water partition coefficient (Wildman–Crippen LogP) is 4.09. The molecule has 0 saturated carbocycles. The van der Waals surface area contributed by atoms with Gasteiger partial charge >= 0.3 is 0 Å². The van der Waals surface area contributed by atoms with Crippen LogP contribution < -0.4 is 0 Å². The maximum absolute atomic E-state index is 13.5. The number of nitrogens with zero attached hydrogens (tertiary/aromatic N) is 4. The molecule has 0 bridgehead atoms. The van der Waals surface area contributed by atoms with Gasteiger partial charge in [0.25, 0.3) is 0 Å². The smallest absolute Gasteiger partial charge is 0.175 e. The second kappa shape index (κ2) is 4.89. The minimum atomic E-state index is -0.962. The molecule has 1 aromatic carbocycles. The summed E-state index contributed by atoms with van der Waals surface area (Å²) in [6.45, 7) is 0. The van der Waals surface area contributed by atoms with Crippen LogP contribution in [0.1, 0.15) is 0 Å². The second-order valence-corrected chi connectivity index (χ2v) is 4.57. The first-order valence-corrected chi connectivity index (χ1v) is 6.22. The van der Waals surface area contributed by atoms with Crippen LogP contribution in [-0.4, -0.2) is 14.5 Å². The Labute approximate surface area is 115 Å². The van der Waals surface area contributed by atoms with Crippen LogP contribution >= 0.6 is 11.5 Å². The van der Waals surface area contributed by atoms with Gasteiger partial charge in [0.15, 0.2) is 28.0 Å². The molecule has 0 fully saturated rings. The van der Waals surface area contributed by atoms with Crippen LogP contribution in [0.5, 0.6) is 5.75 Å². The van der Waals surface area contributed by atoms with E-state index in [-0.39, 0.29) is 5.69 Å². The number of fused-ring (bicyclic) bond motifs is 1. The molecule has 0 aliphatic rings. The van der Waals surface area contributed by atoms with Crippen molar-refractivity contribution in [2.45, 2.75) is 0 Å². The fourth-order valence-electron chi connectivity index (χ4n) is 1.55. The van der Waals surface area contributed by atoms with E-state index in [9.17, 15) is 8.78 Å². The zero-order valence-electron chi connectivity index (χ0n) is 9.79. The van der Waals surface area contributed by atoms with E-state index in [2.05, 4.69) is 19.6 Å². The Kier molecular flexibility index (Phi) is 3.07. The summed E-state index contributed by atoms with van der Waals surface area (Å²) in [5.74, 6) is -2.59. The summed E-state index contributed by atoms with van der Waals surface area (Å²) in [5.41, 5.74) is 0.217. The third-order valence-corrected chi connectivity index (χ3v) is 3.24. The minimum Gasteiger partial charge on any atom is -0.505 e. The number of rotatable bonds is 2. The Balaban J connectivity index is 2.00. The number of hydrogen-bond donors (Lipinski definition) is 1. The first-order chi connectivity index (χ1) is 9.65. The van der Waals surface area contributed by atoms with Gasteiger partial charge in [-0.1, -0.05) is 0 Å². The molecule has 20 heavy (non-hydrogen) atoms. The highest BCUT2D eigenvalue weighted by Gasteiger charge is 2.10. The van der Waals surface area contributed by atoms with E-state index in [0.717, 1.165) is 17.6 Å². The number of aromatic nitrogens is 2. The van der Waals surface area contributed by atoms with Crippen LogP contribution in [-0.2, 0) is 0 Å². The van der Waals surface area contributed by atoms with Gasteiger partial charge < -0.3 is 5.11 Å². The van der Waals surface area contributed by atoms with E-state index in [0.29, 0.717) is 22.1 Å². The summed E-state index contributed by atoms with van der Waals surface area (Å²) < 4.78 is 30.7. The summed E-state index contributed by atoms with van der Waals surface area (Å²) in [7, 11) is 0. The van der Waals surface area contributed by atoms with Crippen LogP contribution in [0.4, 0.5) is 19.5 Å². The van der Waals surface area contributed by atoms with Crippen molar-refractivity contribution in [3.05, 3.63) is 42.1 Å². The van der Waals surface area contributed by atoms with E-state index in [1.165, 1.54) is 0 Å². The number of aromatic hydroxyl groups is 1. The molecule has 0 radical (unpaired) electrons. The van der Waals surface area contributed by atoms with Crippen molar-refractivity contribution in [1.29, 1.82) is 0 Å². The highest BCUT2D eigenvalue weighted by molar-refractivity contribution is 7.11. The number of phenolic OH excluding ortho intramolecular Hbond substituents is 1. The van der Waals surface area contributed by atoms with E-state index in [1.807, 2.05) is 0 Å². The highest BCUT2D eigenvalue weighted by atomic mass is 32.1. The molecule has 3 aromatic rings. The lowest BCUT2D eigenvalue weighted by Crippen LogP contribution is -1.80. The third-order valence-electron chi connectivity index (χ3n) is 2.50. The van der Waals surface area contributed by atoms with E-state index in [4.69, 9.17) is 5.11 Å². The van der Waals surface area contributed by atoms with Crippen molar-refractivity contribution in [2.24, 2.45) is 10.2 Å². The zero-order chi connectivity index (χ0) is 14.1. The average Bonchev–Trinajstić information content (AvgIpc) is 2.85. The largest absolute Gasteiger partial charge is 0.505 e. The molecule has 0 unspecified atom stereocenters. The summed E-state index contributed by atoms with van der Waals surface area (Å²) >= 11 is 1.06. The van der Waals surface area contributed by atoms with Crippen molar-refractivity contribution >= 4 is 33.3 Å². The van der Waals surface area contributed by atoms with Gasteiger partial charge in [-0.05, 0) is 23.7 Å². The lowest BCUT2D eigenvalue weighted by atomic mass is 10.3. The predicted molar refractivity (Wildman–Crippen MR) is 69.6 cm³/mol. The fraction of sp³-hybridized carbons (Fsp3) is 0. The van der Waals surface area contributed by atoms with Crippen molar-refractivity contribution < 1.29 is 13.9 Å². The van der Waals surface area contributed by atoms with E-state index >= 15 is 0 Å². The van der Waals surface area contributed by atoms with Crippen LogP contribution in [0.15, 0.2) is 40.7 Å². The van der Waals surface area contributed by atoms with Gasteiger partial charge in [0.1, 0.15) is 5.69 Å². The molecule has 0 spiro atoms. The summed E-state index contributed by atoms with van der Waals surface area (Å²) in [6.07, 6.45) is 1.60. The number of benzene rings is 1. The number of phenols is 1. The van der Waals surface area contributed by atoms with Gasteiger partial charge in [0, 0.05) is 18.3 Å². The van der Waals surface area contributed by atoms with Gasteiger partial charge in [0.05, 0.1) is 5.39 Å². The maximum Gasteiger partial charge on any atom is 0.175 e. The molecule has 2 aromatic heterocycles. The molecule has 8 heteroatoms. The first-order valence-electron chi connectivity index (χ1n) is 5.45. The van der Waals surface area contributed by atoms with Gasteiger partial charge in [-0.2, -0.15) is 4.37 Å². The number of azo groups is 1. The highest BCUT2D eigenvalue weighted by Crippen LogP contribution is 2.32. The Morgan fingerprint density at radius 3 is 2.85 bits per heavy atom. The quantitative estimate of drug-likeness (QED) is 0.723. The van der Waals surface area contributed by atoms with Crippen LogP contribution in [0, 0.1) is 11.6 Å². The molecule has 0 amide bonds. The topological polar surface area (TPSA) is 70.7 Å². The molecule has 2 heterocycles. The van der Waals surface area contributed by atoms with Gasteiger partial charge in [-0.25, -0.2) is 13.8 Å². The minimum absolute atomic E-state index is 0.300. The molecule has 100 valence electrons. The monoisotopic (exact) mass is 292 g/mol. The molecule has 0 saturated heterocycles. The number of hydrogen-bond acceptors (Lipinski definition) is 6. The normalized spacial score (nSPS) is 11.5. The lowest BCUT2D eigenvalue weighted by molar-refractivity contribution is 0.427. The Morgan fingerprint density at radius 2 is 2.00 bits per heavy atom. The van der Waals surface area contributed by atoms with Crippen molar-refractivity contribution in [3.63, 3.8) is 0 Å². The second-order valence-electron chi connectivity index (χ2n) is 3.82. The number of halogens is 2. The van der Waals surface area contributed by atoms with E-state index < -0.39 is 17.4 Å². The maximum atomic E-state index is 13.5. The van der Waals surface area contributed by atoms with Crippen molar-refractivity contribution in [3.8, 4) is 5.75 Å². The molecule has 0 aliphatic heterocycles. The van der Waals surface area contributed by atoms with Crippen molar-refractivity contribution in [1.82, 2.24) is 9.36 Å². The van der Waals surface area contributed by atoms with Crippen LogP contribution in [0.25, 0.3) is 11.0 Å². The van der Waals surface area contributed by atoms with Gasteiger partial charge in [0.2, 0.25) is 0 Å². The van der Waals surface area contributed by atoms with Gasteiger partial charge in [-0.15, -0.1) is 10.2 Å². The summed E-state index contributed by atoms with van der Waals surface area (Å²) in [6, 6.07) is 4.90. The average molecular weight is 292 g/mol. The Bertz CT molecular complexity index is 818. The number of pyridine rings is 1. The van der Waals surface area contributed by atoms with Gasteiger partial charge in [-0.3, -0.25) is 0 Å². The third kappa shape index (κ3) is 2.21. The Morgan fingerprint density at radius 1 is 1.15 bits per heavy atom. The molecular weight excluding hydrogens is 286 g/mol. The lowest BCUT2D eigenvalue weighted by Gasteiger charge is -1.98.